The third-order valence-electron chi connectivity index (χ3n) is 4.45. The van der Waals surface area contributed by atoms with Gasteiger partial charge in [0.1, 0.15) is 11.4 Å². The Bertz CT molecular complexity index is 1000. The van der Waals surface area contributed by atoms with Crippen LogP contribution in [-0.4, -0.2) is 58.5 Å². The lowest BCUT2D eigenvalue weighted by Crippen LogP contribution is -2.24. The number of nitrogens with zero attached hydrogens (tertiary/aromatic N) is 2. The van der Waals surface area contributed by atoms with Crippen molar-refractivity contribution in [1.82, 2.24) is 20.1 Å². The standard InChI is InChI=1S/C19H22N4O2S/c1-23(7-8-24)6-2-9-25-14-4-3-13-11-17(20-16(13)12-14)18-19-15(21-22-18)5-10-26-19/h3-5,10-12,20,24H,2,6-9H2,1H3,(H,21,22). The first-order valence-electron chi connectivity index (χ1n) is 8.71. The van der Waals surface area contributed by atoms with Crippen LogP contribution in [0.25, 0.3) is 32.5 Å². The largest absolute Gasteiger partial charge is 0.493 e. The molecule has 3 aromatic heterocycles. The van der Waals surface area contributed by atoms with Crippen molar-refractivity contribution in [3.63, 3.8) is 0 Å². The zero-order valence-electron chi connectivity index (χ0n) is 14.7. The number of hydrogen-bond acceptors (Lipinski definition) is 5. The third kappa shape index (κ3) is 3.46. The second kappa shape index (κ2) is 7.49. The molecule has 0 saturated carbocycles. The molecule has 4 rings (SSSR count). The van der Waals surface area contributed by atoms with Crippen molar-refractivity contribution in [2.75, 3.05) is 33.4 Å². The first-order valence-corrected chi connectivity index (χ1v) is 9.59. The number of hydrogen-bond donors (Lipinski definition) is 3. The van der Waals surface area contributed by atoms with Crippen molar-refractivity contribution in [3.05, 3.63) is 35.7 Å². The summed E-state index contributed by atoms with van der Waals surface area (Å²) in [4.78, 5) is 5.55. The van der Waals surface area contributed by atoms with E-state index in [1.807, 2.05) is 25.2 Å². The Morgan fingerprint density at radius 1 is 1.19 bits per heavy atom. The number of aliphatic hydroxyl groups is 1. The molecule has 3 N–H and O–H groups in total. The molecule has 0 amide bonds. The Kier molecular flexibility index (Phi) is 4.92. The average Bonchev–Trinajstić information content (AvgIpc) is 3.33. The second-order valence-electron chi connectivity index (χ2n) is 6.40. The fraction of sp³-hybridized carbons (Fsp3) is 0.316. The summed E-state index contributed by atoms with van der Waals surface area (Å²) in [6, 6.07) is 10.3. The number of benzene rings is 1. The monoisotopic (exact) mass is 370 g/mol. The fourth-order valence-corrected chi connectivity index (χ4v) is 3.91. The Morgan fingerprint density at radius 3 is 3.00 bits per heavy atom. The van der Waals surface area contributed by atoms with E-state index in [0.29, 0.717) is 13.2 Å². The fourth-order valence-electron chi connectivity index (χ4n) is 3.06. The molecule has 0 saturated heterocycles. The molecule has 0 spiro atoms. The smallest absolute Gasteiger partial charge is 0.126 e. The number of aromatic nitrogens is 3. The maximum Gasteiger partial charge on any atom is 0.126 e. The SMILES string of the molecule is CN(CCO)CCCOc1ccc2cc(-c3n[nH]c4ccsc34)[nH]c2c1. The van der Waals surface area contributed by atoms with Gasteiger partial charge in [0.25, 0.3) is 0 Å². The Morgan fingerprint density at radius 2 is 2.12 bits per heavy atom. The number of nitrogens with one attached hydrogen (secondary N) is 2. The summed E-state index contributed by atoms with van der Waals surface area (Å²) < 4.78 is 7.04. The van der Waals surface area contributed by atoms with Crippen molar-refractivity contribution in [2.45, 2.75) is 6.42 Å². The molecule has 0 aliphatic carbocycles. The molecule has 4 aromatic rings. The van der Waals surface area contributed by atoms with E-state index in [4.69, 9.17) is 9.84 Å². The van der Waals surface area contributed by atoms with Gasteiger partial charge in [0.05, 0.1) is 29.1 Å². The van der Waals surface area contributed by atoms with Crippen LogP contribution < -0.4 is 4.74 Å². The lowest BCUT2D eigenvalue weighted by Gasteiger charge is -2.14. The summed E-state index contributed by atoms with van der Waals surface area (Å²) in [5.41, 5.74) is 4.08. The molecule has 0 unspecified atom stereocenters. The van der Waals surface area contributed by atoms with Gasteiger partial charge in [-0.15, -0.1) is 11.3 Å². The van der Waals surface area contributed by atoms with Gasteiger partial charge in [-0.2, -0.15) is 5.10 Å². The van der Waals surface area contributed by atoms with E-state index < -0.39 is 0 Å². The van der Waals surface area contributed by atoms with Gasteiger partial charge in [0.2, 0.25) is 0 Å². The number of H-pyrrole nitrogens is 2. The minimum absolute atomic E-state index is 0.191. The van der Waals surface area contributed by atoms with Gasteiger partial charge >= 0.3 is 0 Å². The lowest BCUT2D eigenvalue weighted by molar-refractivity contribution is 0.207. The summed E-state index contributed by atoms with van der Waals surface area (Å²) in [7, 11) is 2.00. The van der Waals surface area contributed by atoms with E-state index in [9.17, 15) is 0 Å². The molecule has 0 bridgehead atoms. The van der Waals surface area contributed by atoms with Crippen LogP contribution in [-0.2, 0) is 0 Å². The van der Waals surface area contributed by atoms with Crippen LogP contribution in [0, 0.1) is 0 Å². The highest BCUT2D eigenvalue weighted by Gasteiger charge is 2.12. The minimum atomic E-state index is 0.191. The van der Waals surface area contributed by atoms with Crippen molar-refractivity contribution in [1.29, 1.82) is 0 Å². The predicted molar refractivity (Wildman–Crippen MR) is 106 cm³/mol. The average molecular weight is 370 g/mol. The molecule has 0 atom stereocenters. The molecule has 7 heteroatoms. The summed E-state index contributed by atoms with van der Waals surface area (Å²) in [6.45, 7) is 2.45. The number of fused-ring (bicyclic) bond motifs is 2. The van der Waals surface area contributed by atoms with E-state index >= 15 is 0 Å². The first-order chi connectivity index (χ1) is 12.7. The summed E-state index contributed by atoms with van der Waals surface area (Å²) in [5.74, 6) is 0.860. The van der Waals surface area contributed by atoms with Gasteiger partial charge in [-0.05, 0) is 43.1 Å². The normalized spacial score (nSPS) is 11.8. The molecule has 0 aliphatic heterocycles. The lowest BCUT2D eigenvalue weighted by atomic mass is 10.2. The highest BCUT2D eigenvalue weighted by atomic mass is 32.1. The zero-order valence-corrected chi connectivity index (χ0v) is 15.5. The Hall–Kier alpha value is -2.35. The molecule has 0 fully saturated rings. The van der Waals surface area contributed by atoms with Crippen LogP contribution in [0.3, 0.4) is 0 Å². The second-order valence-corrected chi connectivity index (χ2v) is 7.31. The Labute approximate surface area is 155 Å². The van der Waals surface area contributed by atoms with Crippen LogP contribution in [0.2, 0.25) is 0 Å². The highest BCUT2D eigenvalue weighted by molar-refractivity contribution is 7.17. The predicted octanol–water partition coefficient (Wildman–Crippen LogP) is 3.47. The van der Waals surface area contributed by atoms with E-state index in [1.54, 1.807) is 11.3 Å². The van der Waals surface area contributed by atoms with E-state index in [1.165, 1.54) is 4.70 Å². The maximum absolute atomic E-state index is 8.91. The summed E-state index contributed by atoms with van der Waals surface area (Å²) >= 11 is 1.69. The molecular formula is C19H22N4O2S. The van der Waals surface area contributed by atoms with Crippen LogP contribution in [0.5, 0.6) is 5.75 Å². The van der Waals surface area contributed by atoms with Crippen molar-refractivity contribution in [3.8, 4) is 17.1 Å². The quantitative estimate of drug-likeness (QED) is 0.415. The van der Waals surface area contributed by atoms with E-state index in [2.05, 4.69) is 37.6 Å². The molecule has 0 aliphatic rings. The molecule has 6 nitrogen and oxygen atoms in total. The van der Waals surface area contributed by atoms with Crippen LogP contribution in [0.4, 0.5) is 0 Å². The van der Waals surface area contributed by atoms with Crippen LogP contribution in [0.15, 0.2) is 35.7 Å². The van der Waals surface area contributed by atoms with Gasteiger partial charge in [-0.25, -0.2) is 0 Å². The van der Waals surface area contributed by atoms with Crippen molar-refractivity contribution in [2.24, 2.45) is 0 Å². The first kappa shape index (κ1) is 17.1. The molecular weight excluding hydrogens is 348 g/mol. The number of ether oxygens (including phenoxy) is 1. The molecule has 136 valence electrons. The minimum Gasteiger partial charge on any atom is -0.493 e. The number of thiophene rings is 1. The molecule has 26 heavy (non-hydrogen) atoms. The summed E-state index contributed by atoms with van der Waals surface area (Å²) in [5, 5.41) is 19.6. The number of aromatic amines is 2. The molecule has 1 aromatic carbocycles. The highest BCUT2D eigenvalue weighted by Crippen LogP contribution is 2.32. The topological polar surface area (TPSA) is 77.2 Å². The van der Waals surface area contributed by atoms with Gasteiger partial charge in [-0.1, -0.05) is 0 Å². The Balaban J connectivity index is 1.45. The number of rotatable bonds is 8. The van der Waals surface area contributed by atoms with Gasteiger partial charge in [-0.3, -0.25) is 5.10 Å². The van der Waals surface area contributed by atoms with E-state index in [-0.39, 0.29) is 6.61 Å². The molecule has 0 radical (unpaired) electrons. The van der Waals surface area contributed by atoms with Gasteiger partial charge in [0, 0.05) is 30.1 Å². The maximum atomic E-state index is 8.91. The van der Waals surface area contributed by atoms with Crippen LogP contribution >= 0.6 is 11.3 Å². The molecule has 3 heterocycles. The van der Waals surface area contributed by atoms with Crippen molar-refractivity contribution >= 4 is 32.5 Å². The van der Waals surface area contributed by atoms with Crippen LogP contribution in [0.1, 0.15) is 6.42 Å². The van der Waals surface area contributed by atoms with E-state index in [0.717, 1.165) is 46.5 Å². The number of likely N-dealkylation sites (N-methyl/N-ethyl adjacent to an activating group) is 1. The van der Waals surface area contributed by atoms with Crippen molar-refractivity contribution < 1.29 is 9.84 Å². The van der Waals surface area contributed by atoms with Gasteiger partial charge in [0.15, 0.2) is 0 Å². The number of aliphatic hydroxyl groups excluding tert-OH is 1. The zero-order chi connectivity index (χ0) is 17.9. The third-order valence-corrected chi connectivity index (χ3v) is 5.37. The van der Waals surface area contributed by atoms with Gasteiger partial charge < -0.3 is 19.7 Å². The summed E-state index contributed by atoms with van der Waals surface area (Å²) in [6.07, 6.45) is 0.925.